The maximum absolute atomic E-state index is 12.7. The Balaban J connectivity index is 2.93. The van der Waals surface area contributed by atoms with Crippen molar-refractivity contribution < 1.29 is 14.0 Å². The van der Waals surface area contributed by atoms with Gasteiger partial charge in [-0.3, -0.25) is 10.1 Å². The summed E-state index contributed by atoms with van der Waals surface area (Å²) in [6, 6.07) is -0.819. The summed E-state index contributed by atoms with van der Waals surface area (Å²) in [6.07, 6.45) is 0.689. The number of carbonyl (C=O) groups excluding carboxylic acids is 2. The van der Waals surface area contributed by atoms with Crippen LogP contribution in [0.1, 0.15) is 6.92 Å². The number of rotatable bonds is 0. The normalized spacial score (nSPS) is 32.2. The van der Waals surface area contributed by atoms with Gasteiger partial charge in [0.25, 0.3) is 5.91 Å². The SMILES string of the molecule is C[C@@]1(F)C=NC(=O)NC1=O. The van der Waals surface area contributed by atoms with Crippen molar-refractivity contribution in [3.63, 3.8) is 0 Å². The van der Waals surface area contributed by atoms with E-state index in [1.807, 2.05) is 0 Å². The van der Waals surface area contributed by atoms with Crippen LogP contribution in [0.3, 0.4) is 0 Å². The topological polar surface area (TPSA) is 58.5 Å². The van der Waals surface area contributed by atoms with Gasteiger partial charge in [-0.1, -0.05) is 0 Å². The lowest BCUT2D eigenvalue weighted by molar-refractivity contribution is -0.126. The predicted octanol–water partition coefficient (Wildman–Crippen LogP) is 0.0352. The molecule has 3 amide bonds. The Morgan fingerprint density at radius 1 is 1.70 bits per heavy atom. The lowest BCUT2D eigenvalue weighted by Gasteiger charge is -2.16. The summed E-state index contributed by atoms with van der Waals surface area (Å²) in [6.45, 7) is 1.03. The summed E-state index contributed by atoms with van der Waals surface area (Å²) in [5.41, 5.74) is -2.14. The van der Waals surface area contributed by atoms with Crippen molar-refractivity contribution >= 4 is 18.2 Å². The number of urea groups is 1. The standard InChI is InChI=1S/C5H5FN2O2/c1-5(6)2-7-4(10)8-3(5)9/h2H,1H3,(H,8,9,10)/t5-/m1/s1. The van der Waals surface area contributed by atoms with Crippen LogP contribution in [0, 0.1) is 0 Å². The molecule has 0 aromatic carbocycles. The first-order chi connectivity index (χ1) is 4.52. The zero-order chi connectivity index (χ0) is 7.78. The summed E-state index contributed by atoms with van der Waals surface area (Å²) in [5, 5.41) is 1.72. The molecule has 0 unspecified atom stereocenters. The first kappa shape index (κ1) is 6.85. The van der Waals surface area contributed by atoms with Gasteiger partial charge in [-0.05, 0) is 6.92 Å². The highest BCUT2D eigenvalue weighted by Crippen LogP contribution is 2.09. The molecule has 1 aliphatic rings. The number of carbonyl (C=O) groups is 2. The summed E-state index contributed by atoms with van der Waals surface area (Å²) in [5.74, 6) is -0.965. The van der Waals surface area contributed by atoms with Crippen molar-refractivity contribution in [1.29, 1.82) is 0 Å². The van der Waals surface area contributed by atoms with Gasteiger partial charge in [0.15, 0.2) is 0 Å². The summed E-state index contributed by atoms with van der Waals surface area (Å²) >= 11 is 0. The summed E-state index contributed by atoms with van der Waals surface area (Å²) in [7, 11) is 0. The molecule has 0 bridgehead atoms. The van der Waals surface area contributed by atoms with Crippen LogP contribution in [0.25, 0.3) is 0 Å². The molecule has 0 saturated carbocycles. The molecular weight excluding hydrogens is 139 g/mol. The molecule has 4 nitrogen and oxygen atoms in total. The summed E-state index contributed by atoms with van der Waals surface area (Å²) < 4.78 is 12.7. The minimum Gasteiger partial charge on any atom is -0.273 e. The Labute approximate surface area is 56.1 Å². The molecule has 0 saturated heterocycles. The molecule has 0 aromatic heterocycles. The predicted molar refractivity (Wildman–Crippen MR) is 31.5 cm³/mol. The van der Waals surface area contributed by atoms with Crippen LogP contribution < -0.4 is 5.32 Å². The number of amides is 3. The second-order valence-electron chi connectivity index (χ2n) is 2.09. The van der Waals surface area contributed by atoms with Crippen LogP contribution in [-0.4, -0.2) is 23.8 Å². The van der Waals surface area contributed by atoms with Gasteiger partial charge in [-0.25, -0.2) is 14.2 Å². The minimum atomic E-state index is -2.14. The second-order valence-corrected chi connectivity index (χ2v) is 2.09. The third-order valence-electron chi connectivity index (χ3n) is 1.09. The maximum Gasteiger partial charge on any atom is 0.347 e. The number of alkyl halides is 1. The highest BCUT2D eigenvalue weighted by molar-refractivity contribution is 6.14. The quantitative estimate of drug-likeness (QED) is 0.521. The largest absolute Gasteiger partial charge is 0.347 e. The molecule has 0 fully saturated rings. The molecular formula is C5H5FN2O2. The van der Waals surface area contributed by atoms with Crippen molar-refractivity contribution in [2.24, 2.45) is 4.99 Å². The van der Waals surface area contributed by atoms with E-state index in [-0.39, 0.29) is 0 Å². The minimum absolute atomic E-state index is 0.689. The van der Waals surface area contributed by atoms with E-state index in [9.17, 15) is 14.0 Å². The van der Waals surface area contributed by atoms with Crippen LogP contribution in [0.2, 0.25) is 0 Å². The van der Waals surface area contributed by atoms with E-state index < -0.39 is 17.6 Å². The van der Waals surface area contributed by atoms with Crippen LogP contribution in [0.5, 0.6) is 0 Å². The van der Waals surface area contributed by atoms with E-state index >= 15 is 0 Å². The van der Waals surface area contributed by atoms with Crippen molar-refractivity contribution in [3.05, 3.63) is 0 Å². The van der Waals surface area contributed by atoms with Gasteiger partial charge >= 0.3 is 6.03 Å². The highest BCUT2D eigenvalue weighted by atomic mass is 19.1. The van der Waals surface area contributed by atoms with E-state index in [1.54, 1.807) is 5.32 Å². The van der Waals surface area contributed by atoms with Gasteiger partial charge in [-0.2, -0.15) is 0 Å². The molecule has 10 heavy (non-hydrogen) atoms. The van der Waals surface area contributed by atoms with Crippen LogP contribution in [0.4, 0.5) is 9.18 Å². The third-order valence-corrected chi connectivity index (χ3v) is 1.09. The molecule has 0 aliphatic carbocycles. The zero-order valence-electron chi connectivity index (χ0n) is 5.22. The number of hydrogen-bond donors (Lipinski definition) is 1. The fourth-order valence-corrected chi connectivity index (χ4v) is 0.490. The Bertz CT molecular complexity index is 222. The Hall–Kier alpha value is -1.26. The number of aliphatic imine (C=N–C) groups is 1. The average Bonchev–Trinajstić information content (AvgIpc) is 1.81. The number of nitrogens with one attached hydrogen (secondary N) is 1. The lowest BCUT2D eigenvalue weighted by atomic mass is 10.1. The second kappa shape index (κ2) is 1.86. The molecule has 1 aliphatic heterocycles. The third kappa shape index (κ3) is 1.02. The van der Waals surface area contributed by atoms with Crippen LogP contribution in [-0.2, 0) is 4.79 Å². The van der Waals surface area contributed by atoms with Gasteiger partial charge in [-0.15, -0.1) is 0 Å². The Kier molecular flexibility index (Phi) is 1.28. The van der Waals surface area contributed by atoms with E-state index in [1.165, 1.54) is 0 Å². The fraction of sp³-hybridized carbons (Fsp3) is 0.400. The smallest absolute Gasteiger partial charge is 0.273 e. The van der Waals surface area contributed by atoms with E-state index in [2.05, 4.69) is 4.99 Å². The molecule has 0 spiro atoms. The molecule has 0 aromatic rings. The lowest BCUT2D eigenvalue weighted by Crippen LogP contribution is -2.48. The van der Waals surface area contributed by atoms with Crippen LogP contribution in [0.15, 0.2) is 4.99 Å². The number of nitrogens with zero attached hydrogens (tertiary/aromatic N) is 1. The van der Waals surface area contributed by atoms with Gasteiger partial charge in [0, 0.05) is 0 Å². The number of imide groups is 1. The monoisotopic (exact) mass is 144 g/mol. The van der Waals surface area contributed by atoms with E-state index in [4.69, 9.17) is 0 Å². The molecule has 1 rings (SSSR count). The molecule has 54 valence electrons. The van der Waals surface area contributed by atoms with Gasteiger partial charge in [0.1, 0.15) is 0 Å². The molecule has 1 atom stereocenters. The van der Waals surface area contributed by atoms with Gasteiger partial charge < -0.3 is 0 Å². The van der Waals surface area contributed by atoms with E-state index in [0.29, 0.717) is 6.21 Å². The Morgan fingerprint density at radius 3 is 2.70 bits per heavy atom. The Morgan fingerprint density at radius 2 is 2.30 bits per heavy atom. The molecule has 0 radical (unpaired) electrons. The van der Waals surface area contributed by atoms with E-state index in [0.717, 1.165) is 6.92 Å². The summed E-state index contributed by atoms with van der Waals surface area (Å²) in [4.78, 5) is 23.9. The first-order valence-electron chi connectivity index (χ1n) is 2.62. The molecule has 1 N–H and O–H groups in total. The molecule has 5 heteroatoms. The number of hydrogen-bond acceptors (Lipinski definition) is 2. The van der Waals surface area contributed by atoms with Crippen molar-refractivity contribution in [3.8, 4) is 0 Å². The van der Waals surface area contributed by atoms with Crippen molar-refractivity contribution in [2.75, 3.05) is 0 Å². The van der Waals surface area contributed by atoms with Gasteiger partial charge in [0.05, 0.1) is 6.21 Å². The van der Waals surface area contributed by atoms with Gasteiger partial charge in [0.2, 0.25) is 5.67 Å². The molecule has 1 heterocycles. The first-order valence-corrected chi connectivity index (χ1v) is 2.62. The maximum atomic E-state index is 12.7. The highest BCUT2D eigenvalue weighted by Gasteiger charge is 2.35. The van der Waals surface area contributed by atoms with Crippen LogP contribution >= 0.6 is 0 Å². The van der Waals surface area contributed by atoms with Crippen molar-refractivity contribution in [2.45, 2.75) is 12.6 Å². The zero-order valence-corrected chi connectivity index (χ0v) is 5.22. The number of halogens is 1. The van der Waals surface area contributed by atoms with Crippen molar-refractivity contribution in [1.82, 2.24) is 5.32 Å². The fourth-order valence-electron chi connectivity index (χ4n) is 0.490. The average molecular weight is 144 g/mol.